The molecule has 2 heterocycles. The van der Waals surface area contributed by atoms with Gasteiger partial charge in [-0.3, -0.25) is 4.79 Å². The summed E-state index contributed by atoms with van der Waals surface area (Å²) in [6, 6.07) is 2.87. The first kappa shape index (κ1) is 13.0. The summed E-state index contributed by atoms with van der Waals surface area (Å²) in [4.78, 5) is 17.9. The third kappa shape index (κ3) is 2.67. The van der Waals surface area contributed by atoms with E-state index in [1.54, 1.807) is 4.90 Å². The van der Waals surface area contributed by atoms with Crippen molar-refractivity contribution in [1.82, 2.24) is 9.88 Å². The Morgan fingerprint density at radius 1 is 1.56 bits per heavy atom. The molecule has 1 aliphatic rings. The second-order valence-electron chi connectivity index (χ2n) is 4.85. The van der Waals surface area contributed by atoms with Crippen molar-refractivity contribution in [2.45, 2.75) is 25.8 Å². The minimum Gasteiger partial charge on any atom is -0.334 e. The van der Waals surface area contributed by atoms with Crippen LogP contribution in [0.15, 0.2) is 18.3 Å². The van der Waals surface area contributed by atoms with Crippen LogP contribution in [0.5, 0.6) is 0 Å². The fraction of sp³-hybridized carbons (Fsp3) is 0.538. The number of nitrogens with zero attached hydrogens (tertiary/aromatic N) is 2. The van der Waals surface area contributed by atoms with E-state index >= 15 is 0 Å². The van der Waals surface area contributed by atoms with Crippen LogP contribution in [0.1, 0.15) is 30.3 Å². The normalized spacial score (nSPS) is 24.1. The number of rotatable bonds is 2. The number of piperidine rings is 1. The second kappa shape index (κ2) is 5.44. The van der Waals surface area contributed by atoms with Crippen LogP contribution >= 0.6 is 0 Å². The number of pyridine rings is 1. The molecule has 1 aromatic heterocycles. The Bertz CT molecular complexity index is 421. The molecule has 2 unspecified atom stereocenters. The van der Waals surface area contributed by atoms with E-state index in [0.29, 0.717) is 24.7 Å². The van der Waals surface area contributed by atoms with Gasteiger partial charge in [0.2, 0.25) is 0 Å². The third-order valence-corrected chi connectivity index (χ3v) is 3.52. The van der Waals surface area contributed by atoms with Crippen LogP contribution in [0, 0.1) is 11.7 Å². The van der Waals surface area contributed by atoms with Gasteiger partial charge in [-0.25, -0.2) is 9.37 Å². The van der Waals surface area contributed by atoms with E-state index in [1.165, 1.54) is 12.1 Å². The van der Waals surface area contributed by atoms with Crippen molar-refractivity contribution in [1.29, 1.82) is 0 Å². The van der Waals surface area contributed by atoms with Gasteiger partial charge in [0, 0.05) is 12.6 Å². The monoisotopic (exact) mass is 251 g/mol. The van der Waals surface area contributed by atoms with Crippen molar-refractivity contribution in [2.75, 3.05) is 13.1 Å². The van der Waals surface area contributed by atoms with Crippen molar-refractivity contribution in [2.24, 2.45) is 11.7 Å². The van der Waals surface area contributed by atoms with Gasteiger partial charge >= 0.3 is 0 Å². The van der Waals surface area contributed by atoms with Crippen molar-refractivity contribution in [3.05, 3.63) is 29.8 Å². The lowest BCUT2D eigenvalue weighted by atomic mass is 9.93. The number of aromatic nitrogens is 1. The number of carbonyl (C=O) groups is 1. The van der Waals surface area contributed by atoms with Crippen molar-refractivity contribution in [3.63, 3.8) is 0 Å². The van der Waals surface area contributed by atoms with Crippen molar-refractivity contribution < 1.29 is 9.18 Å². The van der Waals surface area contributed by atoms with Gasteiger partial charge in [-0.15, -0.1) is 0 Å². The number of hydrogen-bond acceptors (Lipinski definition) is 3. The predicted molar refractivity (Wildman–Crippen MR) is 66.5 cm³/mol. The highest BCUT2D eigenvalue weighted by atomic mass is 19.1. The number of hydrogen-bond donors (Lipinski definition) is 1. The van der Waals surface area contributed by atoms with E-state index in [9.17, 15) is 9.18 Å². The molecule has 0 bridgehead atoms. The fourth-order valence-electron chi connectivity index (χ4n) is 2.31. The van der Waals surface area contributed by atoms with E-state index in [4.69, 9.17) is 5.73 Å². The average Bonchev–Trinajstić information content (AvgIpc) is 2.39. The van der Waals surface area contributed by atoms with E-state index in [2.05, 4.69) is 4.98 Å². The molecule has 1 aromatic rings. The van der Waals surface area contributed by atoms with Crippen molar-refractivity contribution >= 4 is 5.91 Å². The molecule has 98 valence electrons. The Hall–Kier alpha value is -1.49. The molecule has 0 aromatic carbocycles. The van der Waals surface area contributed by atoms with Crippen LogP contribution in [0.25, 0.3) is 0 Å². The first-order chi connectivity index (χ1) is 8.61. The summed E-state index contributed by atoms with van der Waals surface area (Å²) in [7, 11) is 0. The first-order valence-electron chi connectivity index (χ1n) is 6.24. The molecule has 1 aliphatic heterocycles. The van der Waals surface area contributed by atoms with Gasteiger partial charge in [0.1, 0.15) is 11.5 Å². The Balaban J connectivity index is 2.13. The quantitative estimate of drug-likeness (QED) is 0.864. The van der Waals surface area contributed by atoms with Gasteiger partial charge in [-0.05, 0) is 44.4 Å². The van der Waals surface area contributed by atoms with Crippen LogP contribution < -0.4 is 5.73 Å². The maximum atomic E-state index is 12.8. The zero-order valence-electron chi connectivity index (χ0n) is 10.5. The molecule has 2 rings (SSSR count). The number of carbonyl (C=O) groups excluding carboxylic acids is 1. The number of amides is 1. The molecule has 2 N–H and O–H groups in total. The molecule has 0 aliphatic carbocycles. The predicted octanol–water partition coefficient (Wildman–Crippen LogP) is 1.42. The Morgan fingerprint density at radius 2 is 2.33 bits per heavy atom. The van der Waals surface area contributed by atoms with E-state index in [1.807, 2.05) is 6.92 Å². The minimum atomic E-state index is -0.432. The first-order valence-corrected chi connectivity index (χ1v) is 6.24. The van der Waals surface area contributed by atoms with Crippen LogP contribution in [-0.2, 0) is 0 Å². The molecule has 1 fully saturated rings. The zero-order chi connectivity index (χ0) is 13.1. The lowest BCUT2D eigenvalue weighted by Gasteiger charge is -2.37. The average molecular weight is 251 g/mol. The maximum absolute atomic E-state index is 12.8. The molecule has 1 amide bonds. The Labute approximate surface area is 106 Å². The number of halogens is 1. The van der Waals surface area contributed by atoms with Crippen LogP contribution in [0.2, 0.25) is 0 Å². The van der Waals surface area contributed by atoms with Crippen LogP contribution in [0.3, 0.4) is 0 Å². The summed E-state index contributed by atoms with van der Waals surface area (Å²) in [5, 5.41) is 0. The minimum absolute atomic E-state index is 0.138. The molecule has 18 heavy (non-hydrogen) atoms. The largest absolute Gasteiger partial charge is 0.334 e. The molecule has 0 spiro atoms. The summed E-state index contributed by atoms with van der Waals surface area (Å²) >= 11 is 0. The number of nitrogens with two attached hydrogens (primary N) is 1. The maximum Gasteiger partial charge on any atom is 0.272 e. The molecule has 2 atom stereocenters. The smallest absolute Gasteiger partial charge is 0.272 e. The molecule has 4 nitrogen and oxygen atoms in total. The fourth-order valence-corrected chi connectivity index (χ4v) is 2.31. The van der Waals surface area contributed by atoms with Gasteiger partial charge in [-0.1, -0.05) is 0 Å². The summed E-state index contributed by atoms with van der Waals surface area (Å²) in [5.74, 6) is -0.218. The molecular formula is C13H18FN3O. The Kier molecular flexibility index (Phi) is 3.91. The van der Waals surface area contributed by atoms with E-state index < -0.39 is 5.82 Å². The molecular weight excluding hydrogens is 233 g/mol. The third-order valence-electron chi connectivity index (χ3n) is 3.52. The zero-order valence-corrected chi connectivity index (χ0v) is 10.5. The van der Waals surface area contributed by atoms with Gasteiger partial charge < -0.3 is 10.6 Å². The SMILES string of the molecule is CC1CCC(CN)CN1C(=O)c1ccc(F)cn1. The van der Waals surface area contributed by atoms with Crippen LogP contribution in [-0.4, -0.2) is 34.9 Å². The van der Waals surface area contributed by atoms with Crippen LogP contribution in [0.4, 0.5) is 4.39 Å². The summed E-state index contributed by atoms with van der Waals surface area (Å²) in [5.41, 5.74) is 5.96. The van der Waals surface area contributed by atoms with Gasteiger partial charge in [0.05, 0.1) is 6.20 Å². The van der Waals surface area contributed by atoms with E-state index in [0.717, 1.165) is 19.0 Å². The standard InChI is InChI=1S/C13H18FN3O/c1-9-2-3-10(6-15)8-17(9)13(18)12-5-4-11(14)7-16-12/h4-5,7,9-10H,2-3,6,8,15H2,1H3. The number of likely N-dealkylation sites (tertiary alicyclic amines) is 1. The van der Waals surface area contributed by atoms with Gasteiger partial charge in [0.15, 0.2) is 0 Å². The topological polar surface area (TPSA) is 59.2 Å². The molecule has 5 heteroatoms. The summed E-state index contributed by atoms with van der Waals surface area (Å²) in [6.07, 6.45) is 3.08. The van der Waals surface area contributed by atoms with Gasteiger partial charge in [0.25, 0.3) is 5.91 Å². The van der Waals surface area contributed by atoms with Gasteiger partial charge in [-0.2, -0.15) is 0 Å². The van der Waals surface area contributed by atoms with Crippen molar-refractivity contribution in [3.8, 4) is 0 Å². The lowest BCUT2D eigenvalue weighted by Crippen LogP contribution is -2.47. The lowest BCUT2D eigenvalue weighted by molar-refractivity contribution is 0.0561. The summed E-state index contributed by atoms with van der Waals surface area (Å²) in [6.45, 7) is 3.27. The Morgan fingerprint density at radius 3 is 2.94 bits per heavy atom. The highest BCUT2D eigenvalue weighted by Crippen LogP contribution is 2.22. The van der Waals surface area contributed by atoms with E-state index in [-0.39, 0.29) is 11.9 Å². The summed E-state index contributed by atoms with van der Waals surface area (Å²) < 4.78 is 12.8. The second-order valence-corrected chi connectivity index (χ2v) is 4.85. The highest BCUT2D eigenvalue weighted by molar-refractivity contribution is 5.92. The molecule has 1 saturated heterocycles. The highest BCUT2D eigenvalue weighted by Gasteiger charge is 2.29. The molecule has 0 saturated carbocycles. The molecule has 0 radical (unpaired) electrons.